The van der Waals surface area contributed by atoms with E-state index in [2.05, 4.69) is 10.6 Å². The molecular weight excluding hydrogens is 342 g/mol. The highest BCUT2D eigenvalue weighted by Gasteiger charge is 2.20. The van der Waals surface area contributed by atoms with Crippen LogP contribution in [-0.4, -0.2) is 18.4 Å². The van der Waals surface area contributed by atoms with E-state index in [0.29, 0.717) is 17.9 Å². The van der Waals surface area contributed by atoms with E-state index in [1.165, 1.54) is 0 Å². The highest BCUT2D eigenvalue weighted by atomic mass is 19.1. The summed E-state index contributed by atoms with van der Waals surface area (Å²) < 4.78 is 32.3. The fraction of sp³-hybridized carbons (Fsp3) is 0.263. The second kappa shape index (κ2) is 8.42. The molecule has 0 spiro atoms. The van der Waals surface area contributed by atoms with Crippen molar-refractivity contribution in [2.24, 2.45) is 0 Å². The van der Waals surface area contributed by atoms with Crippen molar-refractivity contribution in [2.45, 2.75) is 26.8 Å². The lowest BCUT2D eigenvalue weighted by Crippen LogP contribution is -2.37. The molecule has 2 amide bonds. The van der Waals surface area contributed by atoms with Gasteiger partial charge in [0.05, 0.1) is 18.3 Å². The zero-order chi connectivity index (χ0) is 19.3. The molecule has 0 fully saturated rings. The SMILES string of the molecule is CCOc1ccc(C)cc1C(C)NC(=O)C(=O)Nc1cc(F)ccc1F. The third kappa shape index (κ3) is 4.78. The van der Waals surface area contributed by atoms with Crippen molar-refractivity contribution in [1.82, 2.24) is 5.32 Å². The van der Waals surface area contributed by atoms with Crippen molar-refractivity contribution in [3.8, 4) is 5.75 Å². The minimum atomic E-state index is -1.09. The van der Waals surface area contributed by atoms with Crippen LogP contribution >= 0.6 is 0 Å². The van der Waals surface area contributed by atoms with Crippen LogP contribution in [-0.2, 0) is 9.59 Å². The second-order valence-electron chi connectivity index (χ2n) is 5.75. The Kier molecular flexibility index (Phi) is 6.27. The number of hydrogen-bond acceptors (Lipinski definition) is 3. The fourth-order valence-electron chi connectivity index (χ4n) is 2.41. The smallest absolute Gasteiger partial charge is 0.313 e. The van der Waals surface area contributed by atoms with Gasteiger partial charge in [-0.2, -0.15) is 0 Å². The highest BCUT2D eigenvalue weighted by Crippen LogP contribution is 2.26. The summed E-state index contributed by atoms with van der Waals surface area (Å²) >= 11 is 0. The molecule has 0 bridgehead atoms. The van der Waals surface area contributed by atoms with Gasteiger partial charge in [0.1, 0.15) is 17.4 Å². The first-order valence-corrected chi connectivity index (χ1v) is 8.12. The van der Waals surface area contributed by atoms with E-state index in [0.717, 1.165) is 23.8 Å². The summed E-state index contributed by atoms with van der Waals surface area (Å²) in [6, 6.07) is 7.58. The summed E-state index contributed by atoms with van der Waals surface area (Å²) in [6.07, 6.45) is 0. The Balaban J connectivity index is 2.10. The van der Waals surface area contributed by atoms with Gasteiger partial charge in [-0.3, -0.25) is 9.59 Å². The van der Waals surface area contributed by atoms with Gasteiger partial charge in [-0.1, -0.05) is 17.7 Å². The van der Waals surface area contributed by atoms with E-state index >= 15 is 0 Å². The van der Waals surface area contributed by atoms with Crippen LogP contribution in [0.5, 0.6) is 5.75 Å². The summed E-state index contributed by atoms with van der Waals surface area (Å²) in [5.41, 5.74) is 1.28. The van der Waals surface area contributed by atoms with Crippen LogP contribution in [0, 0.1) is 18.6 Å². The van der Waals surface area contributed by atoms with Crippen molar-refractivity contribution in [3.05, 3.63) is 59.2 Å². The van der Waals surface area contributed by atoms with Crippen molar-refractivity contribution >= 4 is 17.5 Å². The minimum absolute atomic E-state index is 0.400. The zero-order valence-electron chi connectivity index (χ0n) is 14.7. The van der Waals surface area contributed by atoms with Crippen LogP contribution < -0.4 is 15.4 Å². The van der Waals surface area contributed by atoms with Crippen LogP contribution in [0.1, 0.15) is 31.0 Å². The number of anilines is 1. The van der Waals surface area contributed by atoms with Gasteiger partial charge in [0, 0.05) is 11.6 Å². The zero-order valence-corrected chi connectivity index (χ0v) is 14.7. The van der Waals surface area contributed by atoms with E-state index in [1.807, 2.05) is 26.0 Å². The molecule has 5 nitrogen and oxygen atoms in total. The largest absolute Gasteiger partial charge is 0.494 e. The lowest BCUT2D eigenvalue weighted by Gasteiger charge is -2.18. The van der Waals surface area contributed by atoms with Gasteiger partial charge in [-0.15, -0.1) is 0 Å². The molecule has 1 atom stereocenters. The Hall–Kier alpha value is -2.96. The summed E-state index contributed by atoms with van der Waals surface area (Å²) in [6.45, 7) is 5.89. The van der Waals surface area contributed by atoms with Gasteiger partial charge >= 0.3 is 11.8 Å². The molecule has 138 valence electrons. The Labute approximate surface area is 150 Å². The van der Waals surface area contributed by atoms with Crippen molar-refractivity contribution < 1.29 is 23.1 Å². The van der Waals surface area contributed by atoms with Crippen molar-refractivity contribution in [1.29, 1.82) is 0 Å². The molecule has 0 aromatic heterocycles. The molecule has 0 heterocycles. The first kappa shape index (κ1) is 19.4. The molecule has 0 aliphatic heterocycles. The molecular formula is C19H20F2N2O3. The van der Waals surface area contributed by atoms with Crippen LogP contribution in [0.3, 0.4) is 0 Å². The quantitative estimate of drug-likeness (QED) is 0.800. The molecule has 2 aromatic rings. The number of rotatable bonds is 5. The number of halogens is 2. The van der Waals surface area contributed by atoms with E-state index in [9.17, 15) is 18.4 Å². The number of amides is 2. The molecule has 2 N–H and O–H groups in total. The van der Waals surface area contributed by atoms with Crippen LogP contribution in [0.2, 0.25) is 0 Å². The summed E-state index contributed by atoms with van der Waals surface area (Å²) in [5, 5.41) is 4.59. The van der Waals surface area contributed by atoms with Gasteiger partial charge in [0.15, 0.2) is 0 Å². The number of benzene rings is 2. The molecule has 2 aromatic carbocycles. The first-order valence-electron chi connectivity index (χ1n) is 8.12. The summed E-state index contributed by atoms with van der Waals surface area (Å²) in [7, 11) is 0. The molecule has 7 heteroatoms. The molecule has 0 saturated heterocycles. The number of ether oxygens (including phenoxy) is 1. The number of nitrogens with one attached hydrogen (secondary N) is 2. The standard InChI is InChI=1S/C19H20F2N2O3/c1-4-26-17-8-5-11(2)9-14(17)12(3)22-18(24)19(25)23-16-10-13(20)6-7-15(16)21/h5-10,12H,4H2,1-3H3,(H,22,24)(H,23,25). The van der Waals surface area contributed by atoms with Crippen molar-refractivity contribution in [2.75, 3.05) is 11.9 Å². The van der Waals surface area contributed by atoms with Gasteiger partial charge in [0.2, 0.25) is 0 Å². The van der Waals surface area contributed by atoms with E-state index < -0.39 is 35.2 Å². The molecule has 0 aliphatic carbocycles. The van der Waals surface area contributed by atoms with Crippen molar-refractivity contribution in [3.63, 3.8) is 0 Å². The third-order valence-electron chi connectivity index (χ3n) is 3.66. The first-order chi connectivity index (χ1) is 12.3. The maximum absolute atomic E-state index is 13.6. The van der Waals surface area contributed by atoms with Crippen LogP contribution in [0.15, 0.2) is 36.4 Å². The lowest BCUT2D eigenvalue weighted by molar-refractivity contribution is -0.136. The van der Waals surface area contributed by atoms with E-state index in [1.54, 1.807) is 13.0 Å². The van der Waals surface area contributed by atoms with Gasteiger partial charge in [-0.05, 0) is 39.0 Å². The number of hydrogen-bond donors (Lipinski definition) is 2. The maximum Gasteiger partial charge on any atom is 0.313 e. The normalized spacial score (nSPS) is 11.6. The van der Waals surface area contributed by atoms with Crippen LogP contribution in [0.25, 0.3) is 0 Å². The summed E-state index contributed by atoms with van der Waals surface area (Å²) in [5.74, 6) is -3.02. The second-order valence-corrected chi connectivity index (χ2v) is 5.75. The minimum Gasteiger partial charge on any atom is -0.494 e. The van der Waals surface area contributed by atoms with Gasteiger partial charge in [0.25, 0.3) is 0 Å². The molecule has 0 aliphatic rings. The number of aryl methyl sites for hydroxylation is 1. The molecule has 26 heavy (non-hydrogen) atoms. The highest BCUT2D eigenvalue weighted by molar-refractivity contribution is 6.39. The van der Waals surface area contributed by atoms with Crippen LogP contribution in [0.4, 0.5) is 14.5 Å². The monoisotopic (exact) mass is 362 g/mol. The van der Waals surface area contributed by atoms with E-state index in [4.69, 9.17) is 4.74 Å². The maximum atomic E-state index is 13.6. The lowest BCUT2D eigenvalue weighted by atomic mass is 10.0. The topological polar surface area (TPSA) is 67.4 Å². The fourth-order valence-corrected chi connectivity index (χ4v) is 2.41. The number of carbonyl (C=O) groups excluding carboxylic acids is 2. The molecule has 1 unspecified atom stereocenters. The average Bonchev–Trinajstić information content (AvgIpc) is 2.59. The third-order valence-corrected chi connectivity index (χ3v) is 3.66. The molecule has 0 radical (unpaired) electrons. The van der Waals surface area contributed by atoms with E-state index in [-0.39, 0.29) is 0 Å². The Bertz CT molecular complexity index is 824. The Morgan fingerprint density at radius 3 is 2.54 bits per heavy atom. The Morgan fingerprint density at radius 2 is 1.85 bits per heavy atom. The predicted octanol–water partition coefficient (Wildman–Crippen LogP) is 3.49. The molecule has 2 rings (SSSR count). The summed E-state index contributed by atoms with van der Waals surface area (Å²) in [4.78, 5) is 24.1. The van der Waals surface area contributed by atoms with Gasteiger partial charge < -0.3 is 15.4 Å². The molecule has 0 saturated carbocycles. The average molecular weight is 362 g/mol. The predicted molar refractivity (Wildman–Crippen MR) is 93.9 cm³/mol. The Morgan fingerprint density at radius 1 is 1.12 bits per heavy atom. The van der Waals surface area contributed by atoms with Gasteiger partial charge in [-0.25, -0.2) is 8.78 Å². The number of carbonyl (C=O) groups is 2.